The number of nitrogens with zero attached hydrogens (tertiary/aromatic N) is 1. The predicted octanol–water partition coefficient (Wildman–Crippen LogP) is 1.51. The molecule has 0 aliphatic rings. The Morgan fingerprint density at radius 1 is 0.848 bits per heavy atom. The van der Waals surface area contributed by atoms with Crippen molar-refractivity contribution in [3.8, 4) is 0 Å². The van der Waals surface area contributed by atoms with Gasteiger partial charge in [-0.3, -0.25) is 19.7 Å². The van der Waals surface area contributed by atoms with Crippen LogP contribution in [0.1, 0.15) is 16.8 Å². The SMILES string of the molecule is O=C(CNC(=O)[C@H](Cc1cnc[nH]1)NCC(=O)OCc1ccccc1)OCc1ccccc1. The number of aromatic nitrogens is 2. The fraction of sp³-hybridized carbons (Fsp3) is 0.250. The quantitative estimate of drug-likeness (QED) is 0.358. The normalized spacial score (nSPS) is 11.4. The van der Waals surface area contributed by atoms with Crippen molar-refractivity contribution in [1.82, 2.24) is 20.6 Å². The molecule has 1 atom stereocenters. The Morgan fingerprint density at radius 2 is 1.42 bits per heavy atom. The number of benzene rings is 2. The molecule has 1 amide bonds. The number of aromatic amines is 1. The molecule has 3 rings (SSSR count). The largest absolute Gasteiger partial charge is 0.460 e. The summed E-state index contributed by atoms with van der Waals surface area (Å²) in [7, 11) is 0. The Hall–Kier alpha value is -3.98. The van der Waals surface area contributed by atoms with Crippen LogP contribution in [0, 0.1) is 0 Å². The summed E-state index contributed by atoms with van der Waals surface area (Å²) in [6.07, 6.45) is 3.33. The van der Waals surface area contributed by atoms with E-state index in [0.717, 1.165) is 11.1 Å². The molecular formula is C24H26N4O5. The van der Waals surface area contributed by atoms with Gasteiger partial charge in [-0.05, 0) is 11.1 Å². The topological polar surface area (TPSA) is 122 Å². The molecule has 3 N–H and O–H groups in total. The number of ether oxygens (including phenoxy) is 2. The van der Waals surface area contributed by atoms with Gasteiger partial charge in [0, 0.05) is 18.3 Å². The predicted molar refractivity (Wildman–Crippen MR) is 120 cm³/mol. The van der Waals surface area contributed by atoms with Crippen LogP contribution in [0.15, 0.2) is 73.2 Å². The summed E-state index contributed by atoms with van der Waals surface area (Å²) >= 11 is 0. The molecule has 1 heterocycles. The van der Waals surface area contributed by atoms with Crippen molar-refractivity contribution in [1.29, 1.82) is 0 Å². The number of esters is 2. The number of amides is 1. The lowest BCUT2D eigenvalue weighted by Crippen LogP contribution is -2.48. The van der Waals surface area contributed by atoms with Crippen LogP contribution >= 0.6 is 0 Å². The highest BCUT2D eigenvalue weighted by Gasteiger charge is 2.21. The Bertz CT molecular complexity index is 1010. The van der Waals surface area contributed by atoms with Crippen LogP contribution in [0.4, 0.5) is 0 Å². The maximum absolute atomic E-state index is 12.7. The average molecular weight is 450 g/mol. The van der Waals surface area contributed by atoms with Crippen molar-refractivity contribution in [2.45, 2.75) is 25.7 Å². The molecule has 0 unspecified atom stereocenters. The van der Waals surface area contributed by atoms with E-state index in [0.29, 0.717) is 5.69 Å². The fourth-order valence-electron chi connectivity index (χ4n) is 2.94. The van der Waals surface area contributed by atoms with Gasteiger partial charge in [0.1, 0.15) is 19.8 Å². The zero-order valence-electron chi connectivity index (χ0n) is 18.0. The number of carbonyl (C=O) groups excluding carboxylic acids is 3. The standard InChI is InChI=1S/C24H26N4O5/c29-22(32-15-18-7-3-1-4-8-18)13-26-21(11-20-12-25-17-28-20)24(31)27-14-23(30)33-16-19-9-5-2-6-10-19/h1-10,12,17,21,26H,11,13-16H2,(H,25,28)(H,27,31)/t21-/m0/s1. The monoisotopic (exact) mass is 450 g/mol. The lowest BCUT2D eigenvalue weighted by atomic mass is 10.1. The average Bonchev–Trinajstić information content (AvgIpc) is 3.37. The maximum Gasteiger partial charge on any atom is 0.325 e. The van der Waals surface area contributed by atoms with Crippen LogP contribution in [-0.2, 0) is 43.5 Å². The zero-order chi connectivity index (χ0) is 23.3. The molecule has 0 saturated carbocycles. The highest BCUT2D eigenvalue weighted by molar-refractivity contribution is 5.86. The summed E-state index contributed by atoms with van der Waals surface area (Å²) in [4.78, 5) is 43.7. The van der Waals surface area contributed by atoms with E-state index in [1.54, 1.807) is 6.20 Å². The van der Waals surface area contributed by atoms with Crippen molar-refractivity contribution in [2.24, 2.45) is 0 Å². The molecule has 0 fully saturated rings. The molecule has 0 aliphatic carbocycles. The summed E-state index contributed by atoms with van der Waals surface area (Å²) in [5.74, 6) is -1.50. The number of imidazole rings is 1. The van der Waals surface area contributed by atoms with E-state index in [-0.39, 0.29) is 32.7 Å². The Balaban J connectivity index is 1.46. The van der Waals surface area contributed by atoms with Gasteiger partial charge in [0.2, 0.25) is 5.91 Å². The fourth-order valence-corrected chi connectivity index (χ4v) is 2.94. The van der Waals surface area contributed by atoms with E-state index < -0.39 is 23.9 Å². The van der Waals surface area contributed by atoms with E-state index in [1.165, 1.54) is 6.33 Å². The van der Waals surface area contributed by atoms with Crippen molar-refractivity contribution < 1.29 is 23.9 Å². The molecule has 0 bridgehead atoms. The van der Waals surface area contributed by atoms with Gasteiger partial charge >= 0.3 is 11.9 Å². The van der Waals surface area contributed by atoms with E-state index in [4.69, 9.17) is 9.47 Å². The second kappa shape index (κ2) is 12.8. The molecule has 0 saturated heterocycles. The summed E-state index contributed by atoms with van der Waals surface area (Å²) in [5, 5.41) is 5.44. The van der Waals surface area contributed by atoms with Crippen molar-refractivity contribution >= 4 is 17.8 Å². The number of H-pyrrole nitrogens is 1. The molecule has 0 radical (unpaired) electrons. The first kappa shape index (κ1) is 23.7. The number of rotatable bonds is 12. The Labute approximate surface area is 191 Å². The molecule has 172 valence electrons. The van der Waals surface area contributed by atoms with Crippen LogP contribution in [0.25, 0.3) is 0 Å². The molecular weight excluding hydrogens is 424 g/mol. The van der Waals surface area contributed by atoms with E-state index in [9.17, 15) is 14.4 Å². The molecule has 1 aromatic heterocycles. The van der Waals surface area contributed by atoms with E-state index in [1.807, 2.05) is 60.7 Å². The van der Waals surface area contributed by atoms with Crippen molar-refractivity contribution in [3.05, 3.63) is 90.0 Å². The minimum atomic E-state index is -0.781. The van der Waals surface area contributed by atoms with Gasteiger partial charge in [-0.25, -0.2) is 4.98 Å². The number of nitrogens with one attached hydrogen (secondary N) is 3. The third-order valence-corrected chi connectivity index (χ3v) is 4.68. The highest BCUT2D eigenvalue weighted by atomic mass is 16.5. The molecule has 0 aliphatic heterocycles. The number of carbonyl (C=O) groups is 3. The lowest BCUT2D eigenvalue weighted by molar-refractivity contribution is -0.146. The van der Waals surface area contributed by atoms with Crippen LogP contribution in [0.3, 0.4) is 0 Å². The molecule has 2 aromatic carbocycles. The summed E-state index contributed by atoms with van der Waals surface area (Å²) in [5.41, 5.74) is 2.42. The van der Waals surface area contributed by atoms with Crippen LogP contribution < -0.4 is 10.6 Å². The molecule has 9 nitrogen and oxygen atoms in total. The first-order valence-electron chi connectivity index (χ1n) is 10.5. The molecule has 0 spiro atoms. The van der Waals surface area contributed by atoms with Gasteiger partial charge in [0.15, 0.2) is 0 Å². The Kier molecular flexibility index (Phi) is 9.16. The smallest absolute Gasteiger partial charge is 0.325 e. The summed E-state index contributed by atoms with van der Waals surface area (Å²) in [6.45, 7) is -0.187. The maximum atomic E-state index is 12.7. The second-order valence-corrected chi connectivity index (χ2v) is 7.22. The van der Waals surface area contributed by atoms with Gasteiger partial charge in [-0.2, -0.15) is 0 Å². The third-order valence-electron chi connectivity index (χ3n) is 4.68. The number of hydrogen-bond donors (Lipinski definition) is 3. The van der Waals surface area contributed by atoms with Gasteiger partial charge in [0.05, 0.1) is 18.9 Å². The minimum Gasteiger partial charge on any atom is -0.460 e. The van der Waals surface area contributed by atoms with E-state index in [2.05, 4.69) is 20.6 Å². The van der Waals surface area contributed by atoms with Gasteiger partial charge in [0.25, 0.3) is 0 Å². The highest BCUT2D eigenvalue weighted by Crippen LogP contribution is 2.03. The van der Waals surface area contributed by atoms with Crippen molar-refractivity contribution in [3.63, 3.8) is 0 Å². The summed E-state index contributed by atoms with van der Waals surface area (Å²) < 4.78 is 10.4. The number of hydrogen-bond acceptors (Lipinski definition) is 7. The third kappa shape index (κ3) is 8.58. The first-order chi connectivity index (χ1) is 16.1. The first-order valence-corrected chi connectivity index (χ1v) is 10.5. The van der Waals surface area contributed by atoms with Crippen molar-refractivity contribution in [2.75, 3.05) is 13.1 Å². The lowest BCUT2D eigenvalue weighted by Gasteiger charge is -2.17. The minimum absolute atomic E-state index is 0.124. The molecule has 3 aromatic rings. The zero-order valence-corrected chi connectivity index (χ0v) is 18.0. The summed E-state index contributed by atoms with van der Waals surface area (Å²) in [6, 6.07) is 17.8. The Morgan fingerprint density at radius 3 is 1.97 bits per heavy atom. The van der Waals surface area contributed by atoms with Gasteiger partial charge in [-0.15, -0.1) is 0 Å². The van der Waals surface area contributed by atoms with Gasteiger partial charge < -0.3 is 19.8 Å². The molecule has 9 heteroatoms. The van der Waals surface area contributed by atoms with Gasteiger partial charge in [-0.1, -0.05) is 60.7 Å². The van der Waals surface area contributed by atoms with Crippen LogP contribution in [-0.4, -0.2) is 46.9 Å². The van der Waals surface area contributed by atoms with E-state index >= 15 is 0 Å². The van der Waals surface area contributed by atoms with Crippen LogP contribution in [0.2, 0.25) is 0 Å². The second-order valence-electron chi connectivity index (χ2n) is 7.22. The molecule has 33 heavy (non-hydrogen) atoms. The van der Waals surface area contributed by atoms with Crippen LogP contribution in [0.5, 0.6) is 0 Å².